The highest BCUT2D eigenvalue weighted by Crippen LogP contribution is 2.34. The fourth-order valence-corrected chi connectivity index (χ4v) is 5.15. The number of nitrogens with one attached hydrogen (secondary N) is 1. The lowest BCUT2D eigenvalue weighted by Gasteiger charge is -2.50. The quantitative estimate of drug-likeness (QED) is 0.911. The van der Waals surface area contributed by atoms with Crippen molar-refractivity contribution in [2.45, 2.75) is 82.5 Å². The van der Waals surface area contributed by atoms with Gasteiger partial charge in [0.05, 0.1) is 0 Å². The van der Waals surface area contributed by atoms with Gasteiger partial charge in [-0.25, -0.2) is 0 Å². The molecule has 4 atom stereocenters. The molecule has 4 rings (SSSR count). The van der Waals surface area contributed by atoms with E-state index in [0.717, 1.165) is 18.3 Å². The van der Waals surface area contributed by atoms with Crippen LogP contribution in [0.25, 0.3) is 0 Å². The van der Waals surface area contributed by atoms with E-state index in [1.165, 1.54) is 63.5 Å². The topological polar surface area (TPSA) is 24.5 Å². The minimum absolute atomic E-state index is 0.362. The van der Waals surface area contributed by atoms with Gasteiger partial charge in [-0.2, -0.15) is 0 Å². The van der Waals surface area contributed by atoms with Gasteiger partial charge >= 0.3 is 0 Å². The summed E-state index contributed by atoms with van der Waals surface area (Å²) in [5.74, 6) is 1.09. The number of piperazine rings is 1. The van der Waals surface area contributed by atoms with Crippen LogP contribution in [0.4, 0.5) is 0 Å². The summed E-state index contributed by atoms with van der Waals surface area (Å²) in [6.45, 7) is 4.50. The van der Waals surface area contributed by atoms with Gasteiger partial charge in [-0.05, 0) is 50.7 Å². The van der Waals surface area contributed by atoms with E-state index in [9.17, 15) is 0 Å². The Bertz CT molecular complexity index is 544. The van der Waals surface area contributed by atoms with Crippen LogP contribution < -0.4 is 10.1 Å². The van der Waals surface area contributed by atoms with Crippen LogP contribution in [0.2, 0.25) is 0 Å². The molecule has 1 aliphatic heterocycles. The first-order valence-corrected chi connectivity index (χ1v) is 10.0. The molecule has 1 saturated heterocycles. The lowest BCUT2D eigenvalue weighted by molar-refractivity contribution is -0.0218. The summed E-state index contributed by atoms with van der Waals surface area (Å²) in [6, 6.07) is 10.6. The van der Waals surface area contributed by atoms with Gasteiger partial charge in [-0.1, -0.05) is 37.5 Å². The van der Waals surface area contributed by atoms with E-state index in [-0.39, 0.29) is 0 Å². The number of rotatable bonds is 3. The van der Waals surface area contributed by atoms with E-state index < -0.39 is 0 Å². The molecular formula is C21H32N2O. The smallest absolute Gasteiger partial charge is 0.122 e. The number of aryl methyl sites for hydroxylation is 1. The Balaban J connectivity index is 1.52. The molecule has 0 radical (unpaired) electrons. The van der Waals surface area contributed by atoms with Crippen molar-refractivity contribution in [2.75, 3.05) is 13.1 Å². The van der Waals surface area contributed by atoms with E-state index in [2.05, 4.69) is 41.4 Å². The zero-order valence-corrected chi connectivity index (χ0v) is 15.0. The standard InChI is InChI=1S/C21H32N2O/c1-16-8-2-6-12-20(16)24-21-13-7-5-11-19(21)23-15-14-22-17-9-3-4-10-18(17)23/h2,6,8,12,17-19,21-22H,3-5,7,9-11,13-15H2,1H3/t17-,18-,19+,21-/m1/s1. The summed E-state index contributed by atoms with van der Waals surface area (Å²) in [6.07, 6.45) is 11.1. The number of nitrogens with zero attached hydrogens (tertiary/aromatic N) is 1. The second-order valence-corrected chi connectivity index (χ2v) is 7.92. The van der Waals surface area contributed by atoms with Crippen LogP contribution in [0, 0.1) is 6.92 Å². The Morgan fingerprint density at radius 1 is 0.958 bits per heavy atom. The zero-order valence-electron chi connectivity index (χ0n) is 15.0. The van der Waals surface area contributed by atoms with Gasteiger partial charge < -0.3 is 10.1 Å². The SMILES string of the molecule is Cc1ccccc1O[C@@H]1CCCC[C@@H]1N1CCN[C@@H]2CCCC[C@H]21. The van der Waals surface area contributed by atoms with Gasteiger partial charge in [0.1, 0.15) is 11.9 Å². The van der Waals surface area contributed by atoms with Crippen LogP contribution in [0.3, 0.4) is 0 Å². The van der Waals surface area contributed by atoms with Crippen molar-refractivity contribution in [3.63, 3.8) is 0 Å². The Hall–Kier alpha value is -1.06. The molecule has 1 heterocycles. The highest BCUT2D eigenvalue weighted by Gasteiger charge is 2.40. The Morgan fingerprint density at radius 2 is 1.71 bits per heavy atom. The molecule has 2 saturated carbocycles. The third kappa shape index (κ3) is 3.34. The normalized spacial score (nSPS) is 34.5. The maximum absolute atomic E-state index is 6.57. The maximum Gasteiger partial charge on any atom is 0.122 e. The predicted molar refractivity (Wildman–Crippen MR) is 98.6 cm³/mol. The summed E-state index contributed by atoms with van der Waals surface area (Å²) in [5.41, 5.74) is 1.26. The average molecular weight is 329 g/mol. The molecule has 0 bridgehead atoms. The molecule has 0 unspecified atom stereocenters. The van der Waals surface area contributed by atoms with E-state index in [4.69, 9.17) is 4.74 Å². The fraction of sp³-hybridized carbons (Fsp3) is 0.714. The molecule has 24 heavy (non-hydrogen) atoms. The fourth-order valence-electron chi connectivity index (χ4n) is 5.15. The van der Waals surface area contributed by atoms with Crippen molar-refractivity contribution in [3.05, 3.63) is 29.8 Å². The molecule has 1 aromatic carbocycles. The first kappa shape index (κ1) is 16.4. The molecule has 0 amide bonds. The lowest BCUT2D eigenvalue weighted by atomic mass is 9.83. The summed E-state index contributed by atoms with van der Waals surface area (Å²) < 4.78 is 6.57. The van der Waals surface area contributed by atoms with Crippen molar-refractivity contribution in [2.24, 2.45) is 0 Å². The molecule has 3 nitrogen and oxygen atoms in total. The molecule has 2 aliphatic carbocycles. The molecule has 1 N–H and O–H groups in total. The Morgan fingerprint density at radius 3 is 2.58 bits per heavy atom. The highest BCUT2D eigenvalue weighted by molar-refractivity contribution is 5.32. The van der Waals surface area contributed by atoms with Crippen LogP contribution in [-0.2, 0) is 0 Å². The third-order valence-corrected chi connectivity index (χ3v) is 6.40. The van der Waals surface area contributed by atoms with Gasteiger partial charge in [-0.15, -0.1) is 0 Å². The molecule has 0 spiro atoms. The average Bonchev–Trinajstić information content (AvgIpc) is 2.64. The van der Waals surface area contributed by atoms with Crippen molar-refractivity contribution in [1.82, 2.24) is 10.2 Å². The van der Waals surface area contributed by atoms with Crippen molar-refractivity contribution in [3.8, 4) is 5.75 Å². The van der Waals surface area contributed by atoms with Gasteiger partial charge in [0.25, 0.3) is 0 Å². The summed E-state index contributed by atoms with van der Waals surface area (Å²) in [7, 11) is 0. The third-order valence-electron chi connectivity index (χ3n) is 6.40. The molecule has 132 valence electrons. The zero-order chi connectivity index (χ0) is 16.4. The van der Waals surface area contributed by atoms with Gasteiger partial charge in [-0.3, -0.25) is 4.90 Å². The van der Waals surface area contributed by atoms with Crippen molar-refractivity contribution in [1.29, 1.82) is 0 Å². The van der Waals surface area contributed by atoms with Gasteiger partial charge in [0.15, 0.2) is 0 Å². The van der Waals surface area contributed by atoms with E-state index in [0.29, 0.717) is 18.2 Å². The van der Waals surface area contributed by atoms with E-state index in [1.807, 2.05) is 0 Å². The van der Waals surface area contributed by atoms with Crippen LogP contribution in [-0.4, -0.2) is 42.2 Å². The first-order chi connectivity index (χ1) is 11.8. The highest BCUT2D eigenvalue weighted by atomic mass is 16.5. The van der Waals surface area contributed by atoms with Crippen LogP contribution >= 0.6 is 0 Å². The molecule has 1 aromatic rings. The summed E-state index contributed by atoms with van der Waals surface area (Å²) in [5, 5.41) is 3.78. The Kier molecular flexibility index (Phi) is 5.09. The number of para-hydroxylation sites is 1. The van der Waals surface area contributed by atoms with Crippen LogP contribution in [0.15, 0.2) is 24.3 Å². The maximum atomic E-state index is 6.57. The number of benzene rings is 1. The molecular weight excluding hydrogens is 296 g/mol. The van der Waals surface area contributed by atoms with Crippen molar-refractivity contribution >= 4 is 0 Å². The molecule has 3 heteroatoms. The molecule has 3 fully saturated rings. The number of fused-ring (bicyclic) bond motifs is 1. The van der Waals surface area contributed by atoms with Crippen LogP contribution in [0.1, 0.15) is 56.9 Å². The monoisotopic (exact) mass is 328 g/mol. The number of ether oxygens (including phenoxy) is 1. The van der Waals surface area contributed by atoms with E-state index >= 15 is 0 Å². The minimum atomic E-state index is 0.362. The molecule has 0 aromatic heterocycles. The number of hydrogen-bond donors (Lipinski definition) is 1. The second-order valence-electron chi connectivity index (χ2n) is 7.92. The van der Waals surface area contributed by atoms with E-state index in [1.54, 1.807) is 0 Å². The summed E-state index contributed by atoms with van der Waals surface area (Å²) in [4.78, 5) is 2.84. The van der Waals surface area contributed by atoms with Gasteiger partial charge in [0.2, 0.25) is 0 Å². The van der Waals surface area contributed by atoms with Crippen molar-refractivity contribution < 1.29 is 4.74 Å². The Labute approximate surface area is 146 Å². The lowest BCUT2D eigenvalue weighted by Crippen LogP contribution is -2.64. The minimum Gasteiger partial charge on any atom is -0.489 e. The first-order valence-electron chi connectivity index (χ1n) is 10.0. The van der Waals surface area contributed by atoms with Crippen LogP contribution in [0.5, 0.6) is 5.75 Å². The van der Waals surface area contributed by atoms with Gasteiger partial charge in [0, 0.05) is 31.2 Å². The summed E-state index contributed by atoms with van der Waals surface area (Å²) >= 11 is 0. The predicted octanol–water partition coefficient (Wildman–Crippen LogP) is 3.90. The number of hydrogen-bond acceptors (Lipinski definition) is 3. The second kappa shape index (κ2) is 7.45. The largest absolute Gasteiger partial charge is 0.489 e. The molecule has 3 aliphatic rings.